The van der Waals surface area contributed by atoms with E-state index in [0.717, 1.165) is 11.3 Å². The van der Waals surface area contributed by atoms with E-state index in [1.54, 1.807) is 22.2 Å². The van der Waals surface area contributed by atoms with Crippen molar-refractivity contribution >= 4 is 11.3 Å². The largest absolute Gasteiger partial charge is 0.319 e. The number of nitrogens with zero attached hydrogens (tertiary/aromatic N) is 3. The predicted octanol–water partition coefficient (Wildman–Crippen LogP) is 1.23. The highest BCUT2D eigenvalue weighted by molar-refractivity contribution is 7.08. The average Bonchev–Trinajstić information content (AvgIpc) is 2.73. The Morgan fingerprint density at radius 2 is 2.29 bits per heavy atom. The van der Waals surface area contributed by atoms with E-state index in [1.807, 2.05) is 7.05 Å². The molecule has 0 spiro atoms. The molecule has 0 saturated carbocycles. The molecule has 0 amide bonds. The van der Waals surface area contributed by atoms with E-state index in [0.29, 0.717) is 0 Å². The fourth-order valence-electron chi connectivity index (χ4n) is 1.43. The molecule has 0 aliphatic heterocycles. The SMILES string of the molecule is Cc1cscc1C(N)c1cnnn1C. The molecule has 2 aromatic heterocycles. The maximum atomic E-state index is 6.11. The summed E-state index contributed by atoms with van der Waals surface area (Å²) in [6.07, 6.45) is 1.71. The monoisotopic (exact) mass is 208 g/mol. The van der Waals surface area contributed by atoms with Crippen molar-refractivity contribution in [3.63, 3.8) is 0 Å². The Balaban J connectivity index is 2.38. The Kier molecular flexibility index (Phi) is 2.35. The van der Waals surface area contributed by atoms with Crippen LogP contribution in [0.2, 0.25) is 0 Å². The van der Waals surface area contributed by atoms with Crippen molar-refractivity contribution in [3.8, 4) is 0 Å². The molecule has 0 aliphatic rings. The molecular weight excluding hydrogens is 196 g/mol. The molecular formula is C9H12N4S. The second kappa shape index (κ2) is 3.51. The Morgan fingerprint density at radius 1 is 1.50 bits per heavy atom. The van der Waals surface area contributed by atoms with Crippen LogP contribution in [0.25, 0.3) is 0 Å². The van der Waals surface area contributed by atoms with Crippen molar-refractivity contribution in [3.05, 3.63) is 33.8 Å². The van der Waals surface area contributed by atoms with E-state index in [1.165, 1.54) is 5.56 Å². The molecule has 0 bridgehead atoms. The Morgan fingerprint density at radius 3 is 2.79 bits per heavy atom. The first-order valence-electron chi connectivity index (χ1n) is 4.33. The maximum Gasteiger partial charge on any atom is 0.0796 e. The number of aromatic nitrogens is 3. The fourth-order valence-corrected chi connectivity index (χ4v) is 2.31. The van der Waals surface area contributed by atoms with Crippen LogP contribution < -0.4 is 5.73 Å². The van der Waals surface area contributed by atoms with E-state index in [9.17, 15) is 0 Å². The molecule has 2 rings (SSSR count). The molecule has 2 heterocycles. The third kappa shape index (κ3) is 1.44. The van der Waals surface area contributed by atoms with Gasteiger partial charge in [0.1, 0.15) is 0 Å². The molecule has 1 atom stereocenters. The summed E-state index contributed by atoms with van der Waals surface area (Å²) in [5, 5.41) is 11.9. The van der Waals surface area contributed by atoms with Gasteiger partial charge in [-0.1, -0.05) is 5.21 Å². The summed E-state index contributed by atoms with van der Waals surface area (Å²) < 4.78 is 1.71. The highest BCUT2D eigenvalue weighted by Crippen LogP contribution is 2.24. The number of hydrogen-bond donors (Lipinski definition) is 1. The number of nitrogens with two attached hydrogens (primary N) is 1. The van der Waals surface area contributed by atoms with Crippen molar-refractivity contribution in [2.45, 2.75) is 13.0 Å². The van der Waals surface area contributed by atoms with Gasteiger partial charge < -0.3 is 5.73 Å². The van der Waals surface area contributed by atoms with Crippen LogP contribution in [0.4, 0.5) is 0 Å². The molecule has 74 valence electrons. The molecule has 2 aromatic rings. The van der Waals surface area contributed by atoms with Crippen LogP contribution in [0.15, 0.2) is 17.0 Å². The second-order valence-electron chi connectivity index (χ2n) is 3.27. The number of aryl methyl sites for hydroxylation is 2. The summed E-state index contributed by atoms with van der Waals surface area (Å²) in [6.45, 7) is 2.06. The first-order valence-corrected chi connectivity index (χ1v) is 5.27. The fraction of sp³-hybridized carbons (Fsp3) is 0.333. The average molecular weight is 208 g/mol. The summed E-state index contributed by atoms with van der Waals surface area (Å²) in [5.41, 5.74) is 9.43. The Labute approximate surface area is 86.4 Å². The minimum absolute atomic E-state index is 0.124. The van der Waals surface area contributed by atoms with E-state index in [2.05, 4.69) is 28.0 Å². The van der Waals surface area contributed by atoms with Gasteiger partial charge in [-0.25, -0.2) is 0 Å². The first-order chi connectivity index (χ1) is 6.70. The lowest BCUT2D eigenvalue weighted by atomic mass is 10.1. The number of rotatable bonds is 2. The van der Waals surface area contributed by atoms with Crippen molar-refractivity contribution < 1.29 is 0 Å². The van der Waals surface area contributed by atoms with Gasteiger partial charge in [-0.3, -0.25) is 4.68 Å². The quantitative estimate of drug-likeness (QED) is 0.807. The summed E-state index contributed by atoms with van der Waals surface area (Å²) in [5.74, 6) is 0. The van der Waals surface area contributed by atoms with Gasteiger partial charge in [0.15, 0.2) is 0 Å². The lowest BCUT2D eigenvalue weighted by Crippen LogP contribution is -2.16. The van der Waals surface area contributed by atoms with Crippen molar-refractivity contribution in [1.82, 2.24) is 15.0 Å². The Hall–Kier alpha value is -1.20. The van der Waals surface area contributed by atoms with Crippen LogP contribution in [-0.2, 0) is 7.05 Å². The van der Waals surface area contributed by atoms with Crippen molar-refractivity contribution in [1.29, 1.82) is 0 Å². The predicted molar refractivity (Wildman–Crippen MR) is 56.1 cm³/mol. The molecule has 0 aromatic carbocycles. The summed E-state index contributed by atoms with van der Waals surface area (Å²) in [4.78, 5) is 0. The molecule has 2 N–H and O–H groups in total. The zero-order valence-electron chi connectivity index (χ0n) is 8.14. The van der Waals surface area contributed by atoms with Gasteiger partial charge in [-0.2, -0.15) is 11.3 Å². The summed E-state index contributed by atoms with van der Waals surface area (Å²) >= 11 is 1.67. The summed E-state index contributed by atoms with van der Waals surface area (Å²) in [6, 6.07) is -0.124. The van der Waals surface area contributed by atoms with E-state index < -0.39 is 0 Å². The molecule has 5 heteroatoms. The van der Waals surface area contributed by atoms with Gasteiger partial charge in [0.25, 0.3) is 0 Å². The molecule has 4 nitrogen and oxygen atoms in total. The van der Waals surface area contributed by atoms with Crippen LogP contribution in [0.5, 0.6) is 0 Å². The first kappa shape index (κ1) is 9.36. The topological polar surface area (TPSA) is 56.7 Å². The lowest BCUT2D eigenvalue weighted by molar-refractivity contribution is 0.650. The summed E-state index contributed by atoms with van der Waals surface area (Å²) in [7, 11) is 1.85. The van der Waals surface area contributed by atoms with Crippen LogP contribution >= 0.6 is 11.3 Å². The molecule has 0 aliphatic carbocycles. The lowest BCUT2D eigenvalue weighted by Gasteiger charge is -2.10. The zero-order chi connectivity index (χ0) is 10.1. The molecule has 0 radical (unpaired) electrons. The van der Waals surface area contributed by atoms with Gasteiger partial charge in [0, 0.05) is 7.05 Å². The normalized spacial score (nSPS) is 13.1. The minimum atomic E-state index is -0.124. The van der Waals surface area contributed by atoms with Crippen LogP contribution in [-0.4, -0.2) is 15.0 Å². The molecule has 14 heavy (non-hydrogen) atoms. The number of hydrogen-bond acceptors (Lipinski definition) is 4. The van der Waals surface area contributed by atoms with E-state index >= 15 is 0 Å². The molecule has 1 unspecified atom stereocenters. The Bertz CT molecular complexity index is 391. The van der Waals surface area contributed by atoms with Gasteiger partial charge in [-0.15, -0.1) is 5.10 Å². The highest BCUT2D eigenvalue weighted by atomic mass is 32.1. The third-order valence-electron chi connectivity index (χ3n) is 2.30. The molecule has 0 fully saturated rings. The van der Waals surface area contributed by atoms with Crippen molar-refractivity contribution in [2.75, 3.05) is 0 Å². The van der Waals surface area contributed by atoms with Gasteiger partial charge >= 0.3 is 0 Å². The maximum absolute atomic E-state index is 6.11. The number of thiophene rings is 1. The van der Waals surface area contributed by atoms with Crippen LogP contribution in [0.1, 0.15) is 22.9 Å². The van der Waals surface area contributed by atoms with E-state index in [4.69, 9.17) is 5.73 Å². The second-order valence-corrected chi connectivity index (χ2v) is 4.01. The minimum Gasteiger partial charge on any atom is -0.319 e. The van der Waals surface area contributed by atoms with Gasteiger partial charge in [-0.05, 0) is 28.8 Å². The highest BCUT2D eigenvalue weighted by Gasteiger charge is 2.15. The third-order valence-corrected chi connectivity index (χ3v) is 3.18. The van der Waals surface area contributed by atoms with Crippen molar-refractivity contribution in [2.24, 2.45) is 12.8 Å². The van der Waals surface area contributed by atoms with Gasteiger partial charge in [0.2, 0.25) is 0 Å². The van der Waals surface area contributed by atoms with Crippen LogP contribution in [0.3, 0.4) is 0 Å². The zero-order valence-corrected chi connectivity index (χ0v) is 8.95. The standard InChI is InChI=1S/C9H12N4S/c1-6-4-14-5-7(6)9(10)8-3-11-12-13(8)2/h3-5,9H,10H2,1-2H3. The smallest absolute Gasteiger partial charge is 0.0796 e. The van der Waals surface area contributed by atoms with E-state index in [-0.39, 0.29) is 6.04 Å². The van der Waals surface area contributed by atoms with Gasteiger partial charge in [0.05, 0.1) is 17.9 Å². The molecule has 0 saturated heterocycles. The van der Waals surface area contributed by atoms with Crippen LogP contribution in [0, 0.1) is 6.92 Å².